The Bertz CT molecular complexity index is 1020. The van der Waals surface area contributed by atoms with Crippen LogP contribution in [0.2, 0.25) is 0 Å². The lowest BCUT2D eigenvalue weighted by Gasteiger charge is -2.18. The second-order valence-corrected chi connectivity index (χ2v) is 6.93. The highest BCUT2D eigenvalue weighted by molar-refractivity contribution is 6.08. The Morgan fingerprint density at radius 3 is 1.33 bits per heavy atom. The van der Waals surface area contributed by atoms with Crippen molar-refractivity contribution in [3.05, 3.63) is 108 Å². The SMILES string of the molecule is CN(c1ccccc1)c1ccc(C(=O)c2ccc(N(C)c3ccccc3)nc2)cn1. The van der Waals surface area contributed by atoms with E-state index in [0.29, 0.717) is 11.1 Å². The van der Waals surface area contributed by atoms with Gasteiger partial charge in [-0.2, -0.15) is 0 Å². The Morgan fingerprint density at radius 2 is 1.00 bits per heavy atom. The van der Waals surface area contributed by atoms with E-state index in [0.717, 1.165) is 23.0 Å². The van der Waals surface area contributed by atoms with Crippen LogP contribution >= 0.6 is 0 Å². The number of benzene rings is 2. The molecule has 5 heteroatoms. The van der Waals surface area contributed by atoms with Gasteiger partial charge in [0.2, 0.25) is 0 Å². The Labute approximate surface area is 176 Å². The normalized spacial score (nSPS) is 10.5. The highest BCUT2D eigenvalue weighted by Crippen LogP contribution is 2.23. The summed E-state index contributed by atoms with van der Waals surface area (Å²) in [5, 5.41) is 0. The second kappa shape index (κ2) is 8.57. The van der Waals surface area contributed by atoms with Gasteiger partial charge in [-0.3, -0.25) is 4.79 Å². The van der Waals surface area contributed by atoms with Crippen LogP contribution in [0.25, 0.3) is 0 Å². The Kier molecular flexibility index (Phi) is 5.52. The molecule has 4 aromatic rings. The molecule has 0 unspecified atom stereocenters. The highest BCUT2D eigenvalue weighted by atomic mass is 16.1. The van der Waals surface area contributed by atoms with Crippen molar-refractivity contribution in [2.75, 3.05) is 23.9 Å². The van der Waals surface area contributed by atoms with Crippen LogP contribution in [0.5, 0.6) is 0 Å². The summed E-state index contributed by atoms with van der Waals surface area (Å²) >= 11 is 0. The molecule has 0 atom stereocenters. The van der Waals surface area contributed by atoms with E-state index in [-0.39, 0.29) is 5.78 Å². The van der Waals surface area contributed by atoms with Crippen molar-refractivity contribution in [2.24, 2.45) is 0 Å². The third-order valence-corrected chi connectivity index (χ3v) is 4.99. The minimum absolute atomic E-state index is 0.0992. The van der Waals surface area contributed by atoms with Crippen LogP contribution < -0.4 is 9.80 Å². The first-order valence-corrected chi connectivity index (χ1v) is 9.68. The lowest BCUT2D eigenvalue weighted by molar-refractivity contribution is 0.103. The molecule has 0 amide bonds. The van der Waals surface area contributed by atoms with Gasteiger partial charge in [0.15, 0.2) is 5.78 Å². The van der Waals surface area contributed by atoms with Gasteiger partial charge in [0, 0.05) is 49.0 Å². The summed E-state index contributed by atoms with van der Waals surface area (Å²) in [6.07, 6.45) is 3.22. The predicted molar refractivity (Wildman–Crippen MR) is 121 cm³/mol. The fourth-order valence-corrected chi connectivity index (χ4v) is 3.17. The molecule has 0 saturated heterocycles. The molecule has 0 N–H and O–H groups in total. The van der Waals surface area contributed by atoms with Crippen molar-refractivity contribution >= 4 is 28.8 Å². The van der Waals surface area contributed by atoms with Gasteiger partial charge in [0.1, 0.15) is 11.6 Å². The van der Waals surface area contributed by atoms with E-state index in [2.05, 4.69) is 9.97 Å². The van der Waals surface area contributed by atoms with Crippen LogP contribution in [0.15, 0.2) is 97.3 Å². The van der Waals surface area contributed by atoms with Gasteiger partial charge < -0.3 is 9.80 Å². The van der Waals surface area contributed by atoms with Gasteiger partial charge in [-0.15, -0.1) is 0 Å². The second-order valence-electron chi connectivity index (χ2n) is 6.93. The molecule has 2 heterocycles. The molecule has 0 radical (unpaired) electrons. The Hall–Kier alpha value is -3.99. The summed E-state index contributed by atoms with van der Waals surface area (Å²) < 4.78 is 0. The fraction of sp³-hybridized carbons (Fsp3) is 0.0800. The molecule has 5 nitrogen and oxygen atoms in total. The van der Waals surface area contributed by atoms with E-state index in [1.54, 1.807) is 24.5 Å². The zero-order valence-corrected chi connectivity index (χ0v) is 16.9. The number of carbonyl (C=O) groups is 1. The predicted octanol–water partition coefficient (Wildman–Crippen LogP) is 5.24. The van der Waals surface area contributed by atoms with Crippen LogP contribution in [0, 0.1) is 0 Å². The third-order valence-electron chi connectivity index (χ3n) is 4.99. The number of hydrogen-bond donors (Lipinski definition) is 0. The standard InChI is InChI=1S/C25H22N4O/c1-28(21-9-5-3-6-10-21)23-15-13-19(17-26-23)25(30)20-14-16-24(27-18-20)29(2)22-11-7-4-8-12-22/h3-18H,1-2H3. The van der Waals surface area contributed by atoms with E-state index in [1.165, 1.54) is 0 Å². The van der Waals surface area contributed by atoms with Crippen LogP contribution in [-0.4, -0.2) is 29.8 Å². The monoisotopic (exact) mass is 394 g/mol. The number of ketones is 1. The maximum absolute atomic E-state index is 12.8. The van der Waals surface area contributed by atoms with Crippen LogP contribution in [0.1, 0.15) is 15.9 Å². The summed E-state index contributed by atoms with van der Waals surface area (Å²) in [6, 6.07) is 27.2. The first kappa shape index (κ1) is 19.3. The molecule has 30 heavy (non-hydrogen) atoms. The summed E-state index contributed by atoms with van der Waals surface area (Å²) in [4.78, 5) is 25.7. The molecule has 0 fully saturated rings. The van der Waals surface area contributed by atoms with E-state index in [9.17, 15) is 4.79 Å². The van der Waals surface area contributed by atoms with Crippen molar-refractivity contribution < 1.29 is 4.79 Å². The Balaban J connectivity index is 1.49. The van der Waals surface area contributed by atoms with Crippen molar-refractivity contribution in [2.45, 2.75) is 0 Å². The lowest BCUT2D eigenvalue weighted by Crippen LogP contribution is -2.12. The molecule has 0 aliphatic rings. The van der Waals surface area contributed by atoms with Gasteiger partial charge in [-0.25, -0.2) is 9.97 Å². The van der Waals surface area contributed by atoms with Gasteiger partial charge in [0.05, 0.1) is 0 Å². The first-order chi connectivity index (χ1) is 14.6. The van der Waals surface area contributed by atoms with Crippen molar-refractivity contribution in [3.8, 4) is 0 Å². The molecular weight excluding hydrogens is 372 g/mol. The van der Waals surface area contributed by atoms with Crippen molar-refractivity contribution in [3.63, 3.8) is 0 Å². The summed E-state index contributed by atoms with van der Waals surface area (Å²) in [5.41, 5.74) is 3.13. The zero-order chi connectivity index (χ0) is 20.9. The summed E-state index contributed by atoms with van der Waals surface area (Å²) in [7, 11) is 3.90. The maximum atomic E-state index is 12.8. The van der Waals surface area contributed by atoms with Crippen LogP contribution in [0.4, 0.5) is 23.0 Å². The number of nitrogens with zero attached hydrogens (tertiary/aromatic N) is 4. The van der Waals surface area contributed by atoms with Gasteiger partial charge in [0.25, 0.3) is 0 Å². The van der Waals surface area contributed by atoms with E-state index in [4.69, 9.17) is 0 Å². The maximum Gasteiger partial charge on any atom is 0.196 e. The highest BCUT2D eigenvalue weighted by Gasteiger charge is 2.13. The van der Waals surface area contributed by atoms with E-state index in [1.807, 2.05) is 96.7 Å². The number of aromatic nitrogens is 2. The van der Waals surface area contributed by atoms with E-state index >= 15 is 0 Å². The Morgan fingerprint density at radius 1 is 0.600 bits per heavy atom. The lowest BCUT2D eigenvalue weighted by atomic mass is 10.1. The van der Waals surface area contributed by atoms with Crippen LogP contribution in [0.3, 0.4) is 0 Å². The fourth-order valence-electron chi connectivity index (χ4n) is 3.17. The zero-order valence-electron chi connectivity index (χ0n) is 16.9. The minimum Gasteiger partial charge on any atom is -0.329 e. The smallest absolute Gasteiger partial charge is 0.196 e. The number of anilines is 4. The molecule has 148 valence electrons. The number of rotatable bonds is 6. The summed E-state index contributed by atoms with van der Waals surface area (Å²) in [6.45, 7) is 0. The third kappa shape index (κ3) is 4.05. The quantitative estimate of drug-likeness (QED) is 0.418. The molecule has 0 spiro atoms. The van der Waals surface area contributed by atoms with Gasteiger partial charge in [-0.1, -0.05) is 36.4 Å². The number of hydrogen-bond acceptors (Lipinski definition) is 5. The average Bonchev–Trinajstić information content (AvgIpc) is 2.84. The van der Waals surface area contributed by atoms with Gasteiger partial charge in [-0.05, 0) is 48.5 Å². The molecule has 0 aliphatic carbocycles. The van der Waals surface area contributed by atoms with E-state index < -0.39 is 0 Å². The van der Waals surface area contributed by atoms with Crippen molar-refractivity contribution in [1.29, 1.82) is 0 Å². The van der Waals surface area contributed by atoms with Crippen LogP contribution in [-0.2, 0) is 0 Å². The minimum atomic E-state index is -0.0992. The number of para-hydroxylation sites is 2. The molecule has 4 rings (SSSR count). The molecule has 2 aromatic heterocycles. The largest absolute Gasteiger partial charge is 0.329 e. The van der Waals surface area contributed by atoms with Gasteiger partial charge >= 0.3 is 0 Å². The topological polar surface area (TPSA) is 49.3 Å². The van der Waals surface area contributed by atoms with Crippen molar-refractivity contribution in [1.82, 2.24) is 9.97 Å². The molecule has 0 aliphatic heterocycles. The molecule has 0 saturated carbocycles. The molecule has 2 aromatic carbocycles. The molecule has 0 bridgehead atoms. The molecular formula is C25H22N4O. The number of pyridine rings is 2. The summed E-state index contributed by atoms with van der Waals surface area (Å²) in [5.74, 6) is 1.45. The number of carbonyl (C=O) groups excluding carboxylic acids is 1. The first-order valence-electron chi connectivity index (χ1n) is 9.68. The average molecular weight is 394 g/mol.